The molecule has 2 aromatic carbocycles. The van der Waals surface area contributed by atoms with Gasteiger partial charge in [0.15, 0.2) is 6.17 Å². The molecule has 0 bridgehead atoms. The fraction of sp³-hybridized carbons (Fsp3) is 0.167. The second kappa shape index (κ2) is 8.37. The van der Waals surface area contributed by atoms with Crippen molar-refractivity contribution >= 4 is 24.2 Å². The van der Waals surface area contributed by atoms with Gasteiger partial charge in [0.05, 0.1) is 10.6 Å². The zero-order chi connectivity index (χ0) is 23.9. The first-order valence-electron chi connectivity index (χ1n) is 9.88. The first-order chi connectivity index (χ1) is 15.6. The van der Waals surface area contributed by atoms with E-state index in [2.05, 4.69) is 17.9 Å². The van der Waals surface area contributed by atoms with Gasteiger partial charge in [-0.25, -0.2) is 0 Å². The summed E-state index contributed by atoms with van der Waals surface area (Å²) in [6.45, 7) is 3.79. The van der Waals surface area contributed by atoms with Gasteiger partial charge in [-0.15, -0.1) is 12.6 Å². The zero-order valence-corrected chi connectivity index (χ0v) is 18.5. The molecule has 0 radical (unpaired) electrons. The minimum absolute atomic E-state index is 0.150. The Kier molecular flexibility index (Phi) is 5.72. The molecule has 1 atom stereocenters. The van der Waals surface area contributed by atoms with E-state index >= 15 is 0 Å². The summed E-state index contributed by atoms with van der Waals surface area (Å²) in [6, 6.07) is 15.5. The lowest BCUT2D eigenvalue weighted by Gasteiger charge is -2.37. The van der Waals surface area contributed by atoms with Crippen molar-refractivity contribution in [1.82, 2.24) is 5.32 Å². The Morgan fingerprint density at radius 3 is 2.58 bits per heavy atom. The summed E-state index contributed by atoms with van der Waals surface area (Å²) >= 11 is 4.47. The van der Waals surface area contributed by atoms with Gasteiger partial charge in [-0.1, -0.05) is 24.3 Å². The third-order valence-corrected chi connectivity index (χ3v) is 5.75. The van der Waals surface area contributed by atoms with E-state index in [-0.39, 0.29) is 27.7 Å². The summed E-state index contributed by atoms with van der Waals surface area (Å²) in [7, 11) is 0. The minimum atomic E-state index is -4.48. The van der Waals surface area contributed by atoms with E-state index in [1.165, 1.54) is 12.1 Å². The Balaban J connectivity index is 1.81. The lowest BCUT2D eigenvalue weighted by atomic mass is 10.1. The number of amides is 1. The molecule has 4 rings (SSSR count). The Labute approximate surface area is 193 Å². The topological polar surface area (TPSA) is 69.3 Å². The highest BCUT2D eigenvalue weighted by Gasteiger charge is 2.36. The van der Waals surface area contributed by atoms with Crippen molar-refractivity contribution in [1.29, 1.82) is 5.26 Å². The molecule has 1 aliphatic rings. The zero-order valence-electron chi connectivity index (χ0n) is 17.6. The summed E-state index contributed by atoms with van der Waals surface area (Å²) in [5.41, 5.74) is 1.83. The molecule has 33 heavy (non-hydrogen) atoms. The summed E-state index contributed by atoms with van der Waals surface area (Å²) in [5.74, 6) is -0.131. The second-order valence-corrected chi connectivity index (χ2v) is 8.05. The minimum Gasteiger partial charge on any atom is -0.457 e. The maximum absolute atomic E-state index is 13.1. The van der Waals surface area contributed by atoms with Crippen LogP contribution in [0.4, 0.5) is 18.9 Å². The molecular weight excluding hydrogens is 451 g/mol. The SMILES string of the molecule is Cc1ccc(C)c(N2C(S)=C(C#N)C(=O)NC2c2ccc(-c3cccc(C(F)(F)F)c3)o2)c1. The van der Waals surface area contributed by atoms with Crippen LogP contribution in [0.25, 0.3) is 11.3 Å². The van der Waals surface area contributed by atoms with Gasteiger partial charge in [0.1, 0.15) is 23.2 Å². The molecule has 1 N–H and O–H groups in total. The summed E-state index contributed by atoms with van der Waals surface area (Å²) in [4.78, 5) is 14.2. The van der Waals surface area contributed by atoms with Gasteiger partial charge in [-0.3, -0.25) is 4.79 Å². The molecule has 168 valence electrons. The largest absolute Gasteiger partial charge is 0.457 e. The monoisotopic (exact) mass is 469 g/mol. The molecule has 2 heterocycles. The number of nitrogens with one attached hydrogen (secondary N) is 1. The van der Waals surface area contributed by atoms with Gasteiger partial charge in [0.2, 0.25) is 0 Å². The Bertz CT molecular complexity index is 1320. The van der Waals surface area contributed by atoms with Crippen LogP contribution in [0.3, 0.4) is 0 Å². The van der Waals surface area contributed by atoms with Crippen LogP contribution in [0.5, 0.6) is 0 Å². The second-order valence-electron chi connectivity index (χ2n) is 7.63. The smallest absolute Gasteiger partial charge is 0.416 e. The van der Waals surface area contributed by atoms with Crippen LogP contribution in [0.15, 0.2) is 69.6 Å². The third kappa shape index (κ3) is 4.22. The molecule has 3 aromatic rings. The summed E-state index contributed by atoms with van der Waals surface area (Å²) in [5, 5.41) is 12.4. The number of nitriles is 1. The molecule has 1 amide bonds. The van der Waals surface area contributed by atoms with Gasteiger partial charge >= 0.3 is 6.18 Å². The standard InChI is InChI=1S/C24H18F3N3O2S/c1-13-6-7-14(2)18(10-13)30-21(29-22(31)17(12-28)23(30)33)20-9-8-19(32-20)15-4-3-5-16(11-15)24(25,26)27/h3-11,21,33H,1-2H3,(H,29,31). The number of benzene rings is 2. The average molecular weight is 469 g/mol. The van der Waals surface area contributed by atoms with E-state index in [1.54, 1.807) is 17.0 Å². The van der Waals surface area contributed by atoms with Gasteiger partial charge in [-0.2, -0.15) is 18.4 Å². The first kappa shape index (κ1) is 22.6. The highest BCUT2D eigenvalue weighted by molar-refractivity contribution is 7.84. The van der Waals surface area contributed by atoms with Crippen LogP contribution in [0.2, 0.25) is 0 Å². The molecular formula is C24H18F3N3O2S. The van der Waals surface area contributed by atoms with Gasteiger partial charge < -0.3 is 14.6 Å². The predicted molar refractivity (Wildman–Crippen MR) is 120 cm³/mol. The van der Waals surface area contributed by atoms with Crippen molar-refractivity contribution in [2.45, 2.75) is 26.2 Å². The maximum Gasteiger partial charge on any atom is 0.416 e. The fourth-order valence-electron chi connectivity index (χ4n) is 3.64. The highest BCUT2D eigenvalue weighted by atomic mass is 32.1. The molecule has 1 aromatic heterocycles. The number of nitrogens with zero attached hydrogens (tertiary/aromatic N) is 2. The Morgan fingerprint density at radius 2 is 1.88 bits per heavy atom. The summed E-state index contributed by atoms with van der Waals surface area (Å²) in [6.07, 6.45) is -5.34. The molecule has 0 saturated carbocycles. The number of thiol groups is 1. The van der Waals surface area contributed by atoms with Crippen LogP contribution in [0.1, 0.15) is 28.6 Å². The highest BCUT2D eigenvalue weighted by Crippen LogP contribution is 2.39. The molecule has 5 nitrogen and oxygen atoms in total. The quantitative estimate of drug-likeness (QED) is 0.470. The van der Waals surface area contributed by atoms with Crippen molar-refractivity contribution in [3.05, 3.63) is 87.7 Å². The van der Waals surface area contributed by atoms with Crippen molar-refractivity contribution in [2.24, 2.45) is 0 Å². The van der Waals surface area contributed by atoms with Crippen LogP contribution in [0, 0.1) is 25.2 Å². The fourth-order valence-corrected chi connectivity index (χ4v) is 4.01. The lowest BCUT2D eigenvalue weighted by molar-refractivity contribution is -0.137. The van der Waals surface area contributed by atoms with Gasteiger partial charge in [-0.05, 0) is 55.3 Å². The van der Waals surface area contributed by atoms with E-state index in [0.29, 0.717) is 5.69 Å². The molecule has 9 heteroatoms. The van der Waals surface area contributed by atoms with Crippen LogP contribution in [-0.2, 0) is 11.0 Å². The lowest BCUT2D eigenvalue weighted by Crippen LogP contribution is -2.46. The van der Waals surface area contributed by atoms with Crippen LogP contribution >= 0.6 is 12.6 Å². The number of anilines is 1. The van der Waals surface area contributed by atoms with Gasteiger partial charge in [0, 0.05) is 11.3 Å². The number of hydrogen-bond donors (Lipinski definition) is 2. The normalized spacial score (nSPS) is 16.6. The van der Waals surface area contributed by atoms with E-state index in [9.17, 15) is 23.2 Å². The molecule has 0 fully saturated rings. The molecule has 0 spiro atoms. The molecule has 1 aliphatic heterocycles. The van der Waals surface area contributed by atoms with E-state index in [1.807, 2.05) is 38.1 Å². The Morgan fingerprint density at radius 1 is 1.12 bits per heavy atom. The predicted octanol–water partition coefficient (Wildman–Crippen LogP) is 5.88. The molecule has 1 unspecified atom stereocenters. The van der Waals surface area contributed by atoms with E-state index in [0.717, 1.165) is 23.3 Å². The van der Waals surface area contributed by atoms with E-state index < -0.39 is 23.8 Å². The van der Waals surface area contributed by atoms with Crippen molar-refractivity contribution in [3.8, 4) is 17.4 Å². The Hall–Kier alpha value is -3.64. The maximum atomic E-state index is 13.1. The van der Waals surface area contributed by atoms with E-state index in [4.69, 9.17) is 4.42 Å². The number of hydrogen-bond acceptors (Lipinski definition) is 5. The number of carbonyl (C=O) groups is 1. The first-order valence-corrected chi connectivity index (χ1v) is 10.3. The number of rotatable bonds is 3. The number of carbonyl (C=O) groups excluding carboxylic acids is 1. The molecule has 0 saturated heterocycles. The van der Waals surface area contributed by atoms with Crippen molar-refractivity contribution < 1.29 is 22.4 Å². The number of furan rings is 1. The van der Waals surface area contributed by atoms with Gasteiger partial charge in [0.25, 0.3) is 5.91 Å². The van der Waals surface area contributed by atoms with Crippen LogP contribution in [-0.4, -0.2) is 5.91 Å². The number of alkyl halides is 3. The third-order valence-electron chi connectivity index (χ3n) is 5.31. The van der Waals surface area contributed by atoms with Crippen molar-refractivity contribution in [3.63, 3.8) is 0 Å². The summed E-state index contributed by atoms with van der Waals surface area (Å²) < 4.78 is 45.3. The average Bonchev–Trinajstić information content (AvgIpc) is 3.25. The molecule has 0 aliphatic carbocycles. The number of halogens is 3. The number of aryl methyl sites for hydroxylation is 2. The van der Waals surface area contributed by atoms with Crippen molar-refractivity contribution in [2.75, 3.05) is 4.90 Å². The van der Waals surface area contributed by atoms with Crippen LogP contribution < -0.4 is 10.2 Å².